The van der Waals surface area contributed by atoms with Crippen LogP contribution in [0.1, 0.15) is 38.3 Å². The summed E-state index contributed by atoms with van der Waals surface area (Å²) in [5, 5.41) is 3.50. The van der Waals surface area contributed by atoms with E-state index < -0.39 is 6.04 Å². The first-order chi connectivity index (χ1) is 13.8. The minimum Gasteiger partial charge on any atom is -0.497 e. The number of carbonyl (C=O) groups excluding carboxylic acids is 2. The van der Waals surface area contributed by atoms with Gasteiger partial charge in [-0.15, -0.1) is 0 Å². The second kappa shape index (κ2) is 10.9. The maximum absolute atomic E-state index is 13.2. The van der Waals surface area contributed by atoms with Gasteiger partial charge in [-0.3, -0.25) is 9.59 Å². The Balaban J connectivity index is 2.29. The predicted octanol–water partition coefficient (Wildman–Crippen LogP) is 4.22. The topological polar surface area (TPSA) is 58.6 Å². The highest BCUT2D eigenvalue weighted by molar-refractivity contribution is 6.31. The molecule has 1 N–H and O–H groups in total. The van der Waals surface area contributed by atoms with Crippen LogP contribution in [0.4, 0.5) is 0 Å². The molecule has 5 nitrogen and oxygen atoms in total. The fraction of sp³-hybridized carbons (Fsp3) is 0.391. The van der Waals surface area contributed by atoms with Crippen molar-refractivity contribution in [3.63, 3.8) is 0 Å². The number of ether oxygens (including phenoxy) is 1. The lowest BCUT2D eigenvalue weighted by Gasteiger charge is -2.31. The van der Waals surface area contributed by atoms with E-state index in [1.54, 1.807) is 18.1 Å². The molecule has 0 saturated heterocycles. The molecule has 6 heteroatoms. The highest BCUT2D eigenvalue weighted by Gasteiger charge is 2.29. The van der Waals surface area contributed by atoms with Gasteiger partial charge in [-0.1, -0.05) is 48.9 Å². The summed E-state index contributed by atoms with van der Waals surface area (Å²) >= 11 is 6.33. The molecule has 2 aromatic rings. The van der Waals surface area contributed by atoms with Crippen molar-refractivity contribution in [1.29, 1.82) is 0 Å². The number of methoxy groups -OCH3 is 1. The Kier molecular flexibility index (Phi) is 8.52. The second-order valence-electron chi connectivity index (χ2n) is 7.23. The Labute approximate surface area is 178 Å². The molecule has 2 aromatic carbocycles. The summed E-state index contributed by atoms with van der Waals surface area (Å²) in [6.45, 7) is 5.99. The van der Waals surface area contributed by atoms with Crippen LogP contribution in [0.2, 0.25) is 5.02 Å². The van der Waals surface area contributed by atoms with E-state index in [0.717, 1.165) is 16.9 Å². The molecule has 0 aliphatic carbocycles. The van der Waals surface area contributed by atoms with Crippen molar-refractivity contribution in [3.8, 4) is 5.75 Å². The molecule has 29 heavy (non-hydrogen) atoms. The van der Waals surface area contributed by atoms with Gasteiger partial charge in [0.25, 0.3) is 0 Å². The van der Waals surface area contributed by atoms with Crippen molar-refractivity contribution >= 4 is 23.4 Å². The Morgan fingerprint density at radius 3 is 2.31 bits per heavy atom. The van der Waals surface area contributed by atoms with E-state index in [2.05, 4.69) is 5.32 Å². The van der Waals surface area contributed by atoms with Gasteiger partial charge in [-0.2, -0.15) is 0 Å². The fourth-order valence-electron chi connectivity index (χ4n) is 3.13. The van der Waals surface area contributed by atoms with Crippen LogP contribution in [-0.2, 0) is 22.6 Å². The summed E-state index contributed by atoms with van der Waals surface area (Å²) in [5.74, 6) is 0.454. The summed E-state index contributed by atoms with van der Waals surface area (Å²) < 4.78 is 5.17. The van der Waals surface area contributed by atoms with Crippen molar-refractivity contribution in [2.75, 3.05) is 7.11 Å². The van der Waals surface area contributed by atoms with Gasteiger partial charge in [-0.05, 0) is 49.6 Å². The third-order valence-corrected chi connectivity index (χ3v) is 5.00. The molecule has 0 saturated carbocycles. The van der Waals surface area contributed by atoms with Gasteiger partial charge in [0.05, 0.1) is 13.5 Å². The Morgan fingerprint density at radius 2 is 1.76 bits per heavy atom. The second-order valence-corrected chi connectivity index (χ2v) is 7.63. The molecule has 0 aromatic heterocycles. The Morgan fingerprint density at radius 1 is 1.10 bits per heavy atom. The summed E-state index contributed by atoms with van der Waals surface area (Å²) in [4.78, 5) is 27.7. The number of halogens is 1. The highest BCUT2D eigenvalue weighted by atomic mass is 35.5. The molecule has 0 aliphatic rings. The smallest absolute Gasteiger partial charge is 0.243 e. The van der Waals surface area contributed by atoms with Gasteiger partial charge in [0.1, 0.15) is 11.8 Å². The first-order valence-electron chi connectivity index (χ1n) is 9.81. The lowest BCUT2D eigenvalue weighted by molar-refractivity contribution is -0.141. The molecule has 0 unspecified atom stereocenters. The molecule has 0 bridgehead atoms. The predicted molar refractivity (Wildman–Crippen MR) is 116 cm³/mol. The molecule has 0 aliphatic heterocycles. The molecule has 0 spiro atoms. The van der Waals surface area contributed by atoms with Crippen LogP contribution >= 0.6 is 11.6 Å². The van der Waals surface area contributed by atoms with Gasteiger partial charge in [0.15, 0.2) is 0 Å². The summed E-state index contributed by atoms with van der Waals surface area (Å²) in [6.07, 6.45) is 0.706. The highest BCUT2D eigenvalue weighted by Crippen LogP contribution is 2.21. The van der Waals surface area contributed by atoms with Crippen LogP contribution in [0, 0.1) is 0 Å². The van der Waals surface area contributed by atoms with Gasteiger partial charge < -0.3 is 15.0 Å². The lowest BCUT2D eigenvalue weighted by atomic mass is 10.1. The Bertz CT molecular complexity index is 821. The molecule has 2 rings (SSSR count). The van der Waals surface area contributed by atoms with Crippen LogP contribution in [0.3, 0.4) is 0 Å². The number of nitrogens with zero attached hydrogens (tertiary/aromatic N) is 1. The number of nitrogens with one attached hydrogen (secondary N) is 1. The summed E-state index contributed by atoms with van der Waals surface area (Å²) in [5.41, 5.74) is 1.67. The largest absolute Gasteiger partial charge is 0.497 e. The third-order valence-electron chi connectivity index (χ3n) is 4.63. The van der Waals surface area contributed by atoms with E-state index in [-0.39, 0.29) is 30.8 Å². The van der Waals surface area contributed by atoms with Gasteiger partial charge in [-0.25, -0.2) is 0 Å². The van der Waals surface area contributed by atoms with Crippen LogP contribution in [-0.4, -0.2) is 35.9 Å². The van der Waals surface area contributed by atoms with Crippen LogP contribution in [0.25, 0.3) is 0 Å². The van der Waals surface area contributed by atoms with E-state index in [0.29, 0.717) is 11.4 Å². The van der Waals surface area contributed by atoms with Crippen molar-refractivity contribution < 1.29 is 14.3 Å². The standard InChI is InChI=1S/C23H29ClN2O3/c1-5-21(23(28)25-16(2)3)26(15-18-8-6-7-9-20(18)24)22(27)14-17-10-12-19(29-4)13-11-17/h6-13,16,21H,5,14-15H2,1-4H3,(H,25,28)/t21-/m0/s1. The van der Waals surface area contributed by atoms with Crippen molar-refractivity contribution in [2.24, 2.45) is 0 Å². The monoisotopic (exact) mass is 416 g/mol. The molecule has 0 heterocycles. The molecular weight excluding hydrogens is 388 g/mol. The van der Waals surface area contributed by atoms with E-state index in [1.165, 1.54) is 0 Å². The van der Waals surface area contributed by atoms with Crippen LogP contribution in [0.5, 0.6) is 5.75 Å². The van der Waals surface area contributed by atoms with Crippen molar-refractivity contribution in [1.82, 2.24) is 10.2 Å². The zero-order valence-corrected chi connectivity index (χ0v) is 18.2. The Hall–Kier alpha value is -2.53. The normalized spacial score (nSPS) is 11.8. The SMILES string of the molecule is CC[C@@H](C(=O)NC(C)C)N(Cc1ccccc1Cl)C(=O)Cc1ccc(OC)cc1. The first kappa shape index (κ1) is 22.8. The third kappa shape index (κ3) is 6.50. The molecule has 0 fully saturated rings. The van der Waals surface area contributed by atoms with Gasteiger partial charge in [0, 0.05) is 17.6 Å². The number of hydrogen-bond acceptors (Lipinski definition) is 3. The zero-order valence-electron chi connectivity index (χ0n) is 17.4. The van der Waals surface area contributed by atoms with Crippen LogP contribution in [0.15, 0.2) is 48.5 Å². The molecule has 2 amide bonds. The fourth-order valence-corrected chi connectivity index (χ4v) is 3.33. The minimum atomic E-state index is -0.570. The number of amides is 2. The van der Waals surface area contributed by atoms with Gasteiger partial charge in [0.2, 0.25) is 11.8 Å². The summed E-state index contributed by atoms with van der Waals surface area (Å²) in [7, 11) is 1.60. The number of hydrogen-bond donors (Lipinski definition) is 1. The van der Waals surface area contributed by atoms with E-state index in [4.69, 9.17) is 16.3 Å². The quantitative estimate of drug-likeness (QED) is 0.665. The molecule has 156 valence electrons. The zero-order chi connectivity index (χ0) is 21.4. The molecule has 1 atom stereocenters. The average Bonchev–Trinajstić information content (AvgIpc) is 2.69. The number of rotatable bonds is 9. The van der Waals surface area contributed by atoms with Crippen molar-refractivity contribution in [2.45, 2.75) is 52.2 Å². The maximum atomic E-state index is 13.2. The number of carbonyl (C=O) groups is 2. The maximum Gasteiger partial charge on any atom is 0.243 e. The average molecular weight is 417 g/mol. The summed E-state index contributed by atoms with van der Waals surface area (Å²) in [6, 6.07) is 14.2. The first-order valence-corrected chi connectivity index (χ1v) is 10.2. The lowest BCUT2D eigenvalue weighted by Crippen LogP contribution is -2.50. The van der Waals surface area contributed by atoms with Gasteiger partial charge >= 0.3 is 0 Å². The molecular formula is C23H29ClN2O3. The van der Waals surface area contributed by atoms with E-state index in [9.17, 15) is 9.59 Å². The minimum absolute atomic E-state index is 0.00426. The van der Waals surface area contributed by atoms with E-state index in [1.807, 2.05) is 63.2 Å². The van der Waals surface area contributed by atoms with E-state index >= 15 is 0 Å². The molecule has 0 radical (unpaired) electrons. The number of benzene rings is 2. The van der Waals surface area contributed by atoms with Crippen LogP contribution < -0.4 is 10.1 Å². The van der Waals surface area contributed by atoms with Crippen molar-refractivity contribution in [3.05, 3.63) is 64.7 Å².